The third-order valence-corrected chi connectivity index (χ3v) is 2.79. The maximum atomic E-state index is 13.3. The Morgan fingerprint density at radius 2 is 2.12 bits per heavy atom. The standard InChI is InChI=1S/C12H10BrFN2O/c13-10-2-1-9(6-11(10)14)17-12-5-8(7-15)3-4-16-12/h1-6H,7,15H2. The van der Waals surface area contributed by atoms with Crippen molar-refractivity contribution in [3.63, 3.8) is 0 Å². The van der Waals surface area contributed by atoms with Crippen molar-refractivity contribution >= 4 is 15.9 Å². The second-order valence-corrected chi connectivity index (χ2v) is 4.24. The van der Waals surface area contributed by atoms with Gasteiger partial charge in [-0.15, -0.1) is 0 Å². The fraction of sp³-hybridized carbons (Fsp3) is 0.0833. The van der Waals surface area contributed by atoms with E-state index < -0.39 is 0 Å². The van der Waals surface area contributed by atoms with E-state index in [0.717, 1.165) is 5.56 Å². The van der Waals surface area contributed by atoms with Gasteiger partial charge in [-0.1, -0.05) is 0 Å². The first-order chi connectivity index (χ1) is 8.19. The summed E-state index contributed by atoms with van der Waals surface area (Å²) in [5, 5.41) is 0. The quantitative estimate of drug-likeness (QED) is 0.946. The molecule has 2 rings (SSSR count). The molecule has 0 fully saturated rings. The lowest BCUT2D eigenvalue weighted by atomic mass is 10.3. The molecular weight excluding hydrogens is 287 g/mol. The molecule has 0 aliphatic rings. The van der Waals surface area contributed by atoms with E-state index in [1.54, 1.807) is 30.5 Å². The first-order valence-corrected chi connectivity index (χ1v) is 5.76. The number of nitrogens with zero attached hydrogens (tertiary/aromatic N) is 1. The van der Waals surface area contributed by atoms with E-state index in [2.05, 4.69) is 20.9 Å². The summed E-state index contributed by atoms with van der Waals surface area (Å²) >= 11 is 3.07. The maximum absolute atomic E-state index is 13.3. The molecule has 1 heterocycles. The molecule has 17 heavy (non-hydrogen) atoms. The van der Waals surface area contributed by atoms with E-state index >= 15 is 0 Å². The van der Waals surface area contributed by atoms with Crippen LogP contribution in [0.5, 0.6) is 11.6 Å². The van der Waals surface area contributed by atoms with Gasteiger partial charge in [0, 0.05) is 24.9 Å². The number of hydrogen-bond acceptors (Lipinski definition) is 3. The van der Waals surface area contributed by atoms with E-state index in [1.807, 2.05) is 0 Å². The van der Waals surface area contributed by atoms with Crippen molar-refractivity contribution in [2.75, 3.05) is 0 Å². The molecule has 0 radical (unpaired) electrons. The highest BCUT2D eigenvalue weighted by molar-refractivity contribution is 9.10. The van der Waals surface area contributed by atoms with Gasteiger partial charge in [0.05, 0.1) is 4.47 Å². The van der Waals surface area contributed by atoms with Gasteiger partial charge in [0.2, 0.25) is 5.88 Å². The monoisotopic (exact) mass is 296 g/mol. The molecule has 0 unspecified atom stereocenters. The lowest BCUT2D eigenvalue weighted by Gasteiger charge is -2.06. The van der Waals surface area contributed by atoms with E-state index in [1.165, 1.54) is 6.07 Å². The molecule has 88 valence electrons. The van der Waals surface area contributed by atoms with Gasteiger partial charge < -0.3 is 10.5 Å². The topological polar surface area (TPSA) is 48.1 Å². The Hall–Kier alpha value is -1.46. The van der Waals surface area contributed by atoms with Gasteiger partial charge in [0.25, 0.3) is 0 Å². The van der Waals surface area contributed by atoms with E-state index in [-0.39, 0.29) is 5.82 Å². The maximum Gasteiger partial charge on any atom is 0.219 e. The zero-order valence-electron chi connectivity index (χ0n) is 8.86. The molecule has 1 aromatic carbocycles. The van der Waals surface area contributed by atoms with Gasteiger partial charge in [-0.3, -0.25) is 0 Å². The lowest BCUT2D eigenvalue weighted by molar-refractivity contribution is 0.457. The van der Waals surface area contributed by atoms with Crippen molar-refractivity contribution < 1.29 is 9.13 Å². The van der Waals surface area contributed by atoms with Crippen LogP contribution in [0.1, 0.15) is 5.56 Å². The number of halogens is 2. The van der Waals surface area contributed by atoms with Crippen LogP contribution in [0.15, 0.2) is 41.0 Å². The third-order valence-electron chi connectivity index (χ3n) is 2.15. The van der Waals surface area contributed by atoms with Crippen LogP contribution < -0.4 is 10.5 Å². The summed E-state index contributed by atoms with van der Waals surface area (Å²) in [6.45, 7) is 0.410. The van der Waals surface area contributed by atoms with Crippen LogP contribution in [-0.4, -0.2) is 4.98 Å². The third kappa shape index (κ3) is 3.01. The number of rotatable bonds is 3. The molecule has 0 spiro atoms. The van der Waals surface area contributed by atoms with E-state index in [9.17, 15) is 4.39 Å². The van der Waals surface area contributed by atoms with Crippen LogP contribution in [0.25, 0.3) is 0 Å². The molecule has 0 bridgehead atoms. The predicted octanol–water partition coefficient (Wildman–Crippen LogP) is 3.23. The SMILES string of the molecule is NCc1ccnc(Oc2ccc(Br)c(F)c2)c1. The first-order valence-electron chi connectivity index (χ1n) is 4.97. The number of aromatic nitrogens is 1. The minimum atomic E-state index is -0.377. The highest BCUT2D eigenvalue weighted by Crippen LogP contribution is 2.24. The van der Waals surface area contributed by atoms with Crippen molar-refractivity contribution in [1.29, 1.82) is 0 Å². The Balaban J connectivity index is 2.22. The van der Waals surface area contributed by atoms with E-state index in [4.69, 9.17) is 10.5 Å². The van der Waals surface area contributed by atoms with Gasteiger partial charge in [-0.05, 0) is 39.7 Å². The molecular formula is C12H10BrFN2O. The van der Waals surface area contributed by atoms with Crippen LogP contribution in [0, 0.1) is 5.82 Å². The number of nitrogens with two attached hydrogens (primary N) is 1. The average molecular weight is 297 g/mol. The predicted molar refractivity (Wildman–Crippen MR) is 66.3 cm³/mol. The molecule has 0 atom stereocenters. The van der Waals surface area contributed by atoms with Gasteiger partial charge in [-0.2, -0.15) is 0 Å². The van der Waals surface area contributed by atoms with Crippen molar-refractivity contribution in [2.45, 2.75) is 6.54 Å². The summed E-state index contributed by atoms with van der Waals surface area (Å²) < 4.78 is 19.1. The fourth-order valence-electron chi connectivity index (χ4n) is 1.29. The summed E-state index contributed by atoms with van der Waals surface area (Å²) in [7, 11) is 0. The summed E-state index contributed by atoms with van der Waals surface area (Å²) in [4.78, 5) is 4.02. The molecule has 0 aliphatic carbocycles. The number of ether oxygens (including phenoxy) is 1. The van der Waals surface area contributed by atoms with Crippen LogP contribution in [0.4, 0.5) is 4.39 Å². The molecule has 1 aromatic heterocycles. The van der Waals surface area contributed by atoms with Crippen molar-refractivity contribution in [2.24, 2.45) is 5.73 Å². The van der Waals surface area contributed by atoms with Gasteiger partial charge in [-0.25, -0.2) is 9.37 Å². The Morgan fingerprint density at radius 1 is 1.29 bits per heavy atom. The second kappa shape index (κ2) is 5.25. The van der Waals surface area contributed by atoms with Crippen molar-refractivity contribution in [3.05, 3.63) is 52.4 Å². The zero-order chi connectivity index (χ0) is 12.3. The zero-order valence-corrected chi connectivity index (χ0v) is 10.4. The van der Waals surface area contributed by atoms with Gasteiger partial charge >= 0.3 is 0 Å². The Kier molecular flexibility index (Phi) is 3.71. The second-order valence-electron chi connectivity index (χ2n) is 3.38. The lowest BCUT2D eigenvalue weighted by Crippen LogP contribution is -1.97. The number of pyridine rings is 1. The van der Waals surface area contributed by atoms with E-state index in [0.29, 0.717) is 22.6 Å². The minimum Gasteiger partial charge on any atom is -0.439 e. The summed E-state index contributed by atoms with van der Waals surface area (Å²) in [6, 6.07) is 8.05. The summed E-state index contributed by atoms with van der Waals surface area (Å²) in [5.41, 5.74) is 6.42. The molecule has 0 saturated heterocycles. The highest BCUT2D eigenvalue weighted by Gasteiger charge is 2.04. The molecule has 0 aliphatic heterocycles. The van der Waals surface area contributed by atoms with Gasteiger partial charge in [0.15, 0.2) is 0 Å². The Bertz CT molecular complexity index is 534. The molecule has 2 N–H and O–H groups in total. The van der Waals surface area contributed by atoms with Crippen LogP contribution in [0.2, 0.25) is 0 Å². The molecule has 3 nitrogen and oxygen atoms in total. The molecule has 0 saturated carbocycles. The molecule has 0 amide bonds. The average Bonchev–Trinajstić information content (AvgIpc) is 2.34. The molecule has 5 heteroatoms. The largest absolute Gasteiger partial charge is 0.439 e. The number of benzene rings is 1. The Labute approximate surface area is 107 Å². The van der Waals surface area contributed by atoms with Crippen molar-refractivity contribution in [3.8, 4) is 11.6 Å². The minimum absolute atomic E-state index is 0.377. The summed E-state index contributed by atoms with van der Waals surface area (Å²) in [5.74, 6) is 0.416. The fourth-order valence-corrected chi connectivity index (χ4v) is 1.54. The van der Waals surface area contributed by atoms with Crippen LogP contribution >= 0.6 is 15.9 Å². The van der Waals surface area contributed by atoms with Crippen molar-refractivity contribution in [1.82, 2.24) is 4.98 Å². The number of hydrogen-bond donors (Lipinski definition) is 1. The van der Waals surface area contributed by atoms with Crippen LogP contribution in [-0.2, 0) is 6.54 Å². The first kappa shape index (κ1) is 12.0. The Morgan fingerprint density at radius 3 is 2.82 bits per heavy atom. The molecule has 2 aromatic rings. The normalized spacial score (nSPS) is 10.3. The highest BCUT2D eigenvalue weighted by atomic mass is 79.9. The smallest absolute Gasteiger partial charge is 0.219 e. The summed E-state index contributed by atoms with van der Waals surface area (Å²) in [6.07, 6.45) is 1.60. The van der Waals surface area contributed by atoms with Crippen LogP contribution in [0.3, 0.4) is 0 Å². The van der Waals surface area contributed by atoms with Gasteiger partial charge in [0.1, 0.15) is 11.6 Å².